The molecule has 0 heterocycles. The van der Waals surface area contributed by atoms with Crippen molar-refractivity contribution in [3.8, 4) is 0 Å². The summed E-state index contributed by atoms with van der Waals surface area (Å²) in [6, 6.07) is 5.53. The van der Waals surface area contributed by atoms with Crippen LogP contribution in [0.1, 0.15) is 0 Å². The number of carbonyl (C=O) groups is 2. The molecule has 3 N–H and O–H groups in total. The Hall–Kier alpha value is -2.39. The Labute approximate surface area is 121 Å². The Kier molecular flexibility index (Phi) is 5.88. The molecule has 0 saturated carbocycles. The average molecular weight is 314 g/mol. The first-order valence-corrected chi connectivity index (χ1v) is 7.20. The van der Waals surface area contributed by atoms with Gasteiger partial charge in [-0.2, -0.15) is 4.72 Å². The summed E-state index contributed by atoms with van der Waals surface area (Å²) in [5.41, 5.74) is -0.0237. The van der Waals surface area contributed by atoms with Crippen LogP contribution in [0.3, 0.4) is 0 Å². The molecule has 1 aromatic carbocycles. The zero-order valence-electron chi connectivity index (χ0n) is 10.9. The smallest absolute Gasteiger partial charge is 0.411 e. The number of carboxylic acids is 1. The molecule has 1 rings (SSSR count). The van der Waals surface area contributed by atoms with Crippen LogP contribution in [0.4, 0.5) is 10.5 Å². The minimum atomic E-state index is -4.07. The molecule has 1 aromatic rings. The number of sulfonamides is 1. The highest BCUT2D eigenvalue weighted by molar-refractivity contribution is 7.89. The molecule has 0 unspecified atom stereocenters. The Balaban J connectivity index is 2.95. The molecular weight excluding hydrogens is 300 g/mol. The average Bonchev–Trinajstić information content (AvgIpc) is 2.43. The lowest BCUT2D eigenvalue weighted by atomic mass is 10.3. The van der Waals surface area contributed by atoms with E-state index in [1.54, 1.807) is 0 Å². The van der Waals surface area contributed by atoms with E-state index in [0.29, 0.717) is 0 Å². The van der Waals surface area contributed by atoms with Gasteiger partial charge in [0.2, 0.25) is 10.0 Å². The Bertz CT molecular complexity index is 641. The maximum Gasteiger partial charge on any atom is 0.411 e. The van der Waals surface area contributed by atoms with Crippen molar-refractivity contribution in [2.24, 2.45) is 0 Å². The van der Waals surface area contributed by atoms with Crippen molar-refractivity contribution >= 4 is 27.8 Å². The fourth-order valence-corrected chi connectivity index (χ4v) is 2.45. The summed E-state index contributed by atoms with van der Waals surface area (Å²) < 4.78 is 30.5. The Morgan fingerprint density at radius 2 is 2.00 bits per heavy atom. The maximum atomic E-state index is 12.0. The van der Waals surface area contributed by atoms with E-state index in [2.05, 4.69) is 16.6 Å². The number of carboxylic acid groups (broad SMARTS) is 1. The van der Waals surface area contributed by atoms with Crippen LogP contribution < -0.4 is 10.0 Å². The van der Waals surface area contributed by atoms with E-state index in [4.69, 9.17) is 5.11 Å². The molecule has 8 nitrogen and oxygen atoms in total. The maximum absolute atomic E-state index is 12.0. The van der Waals surface area contributed by atoms with Gasteiger partial charge in [0.1, 0.15) is 18.0 Å². The van der Waals surface area contributed by atoms with Gasteiger partial charge in [0.25, 0.3) is 0 Å². The number of carbonyl (C=O) groups excluding carboxylic acids is 1. The number of anilines is 1. The van der Waals surface area contributed by atoms with E-state index in [1.165, 1.54) is 30.3 Å². The number of para-hydroxylation sites is 1. The first-order valence-electron chi connectivity index (χ1n) is 5.72. The third-order valence-corrected chi connectivity index (χ3v) is 3.62. The second-order valence-corrected chi connectivity index (χ2v) is 5.46. The molecule has 0 aliphatic heterocycles. The fourth-order valence-electron chi connectivity index (χ4n) is 1.32. The lowest BCUT2D eigenvalue weighted by Gasteiger charge is -2.11. The van der Waals surface area contributed by atoms with Crippen LogP contribution in [0.25, 0.3) is 0 Å². The van der Waals surface area contributed by atoms with E-state index in [0.717, 1.165) is 0 Å². The fraction of sp³-hybridized carbons (Fsp3) is 0.167. The van der Waals surface area contributed by atoms with Crippen LogP contribution in [-0.4, -0.2) is 38.7 Å². The van der Waals surface area contributed by atoms with E-state index < -0.39 is 28.6 Å². The van der Waals surface area contributed by atoms with Crippen molar-refractivity contribution in [2.45, 2.75) is 4.90 Å². The molecule has 0 bridgehead atoms. The third-order valence-electron chi connectivity index (χ3n) is 2.16. The number of hydrogen-bond donors (Lipinski definition) is 3. The van der Waals surface area contributed by atoms with Crippen molar-refractivity contribution < 1.29 is 27.9 Å². The molecule has 0 spiro atoms. The van der Waals surface area contributed by atoms with Crippen LogP contribution >= 0.6 is 0 Å². The van der Waals surface area contributed by atoms with Gasteiger partial charge in [-0.1, -0.05) is 24.8 Å². The monoisotopic (exact) mass is 314 g/mol. The molecule has 0 atom stereocenters. The van der Waals surface area contributed by atoms with Crippen molar-refractivity contribution in [3.05, 3.63) is 36.9 Å². The van der Waals surface area contributed by atoms with E-state index in [1.807, 2.05) is 4.72 Å². The number of amides is 1. The molecular formula is C12H14N2O6S. The zero-order chi connectivity index (χ0) is 15.9. The normalized spacial score (nSPS) is 10.7. The topological polar surface area (TPSA) is 122 Å². The van der Waals surface area contributed by atoms with Crippen molar-refractivity contribution in [3.63, 3.8) is 0 Å². The van der Waals surface area contributed by atoms with Crippen LogP contribution in [0, 0.1) is 0 Å². The van der Waals surface area contributed by atoms with Gasteiger partial charge in [0.05, 0.1) is 5.69 Å². The highest BCUT2D eigenvalue weighted by atomic mass is 32.2. The predicted molar refractivity (Wildman–Crippen MR) is 74.4 cm³/mol. The summed E-state index contributed by atoms with van der Waals surface area (Å²) in [6.07, 6.45) is 0.507. The molecule has 0 saturated heterocycles. The van der Waals surface area contributed by atoms with E-state index >= 15 is 0 Å². The second-order valence-electron chi connectivity index (χ2n) is 3.73. The summed E-state index contributed by atoms with van der Waals surface area (Å²) >= 11 is 0. The summed E-state index contributed by atoms with van der Waals surface area (Å²) in [5.74, 6) is -1.32. The van der Waals surface area contributed by atoms with Crippen molar-refractivity contribution in [1.82, 2.24) is 4.72 Å². The van der Waals surface area contributed by atoms with Crippen LogP contribution in [-0.2, 0) is 19.6 Å². The minimum Gasteiger partial charge on any atom is -0.480 e. The molecule has 0 aliphatic rings. The zero-order valence-corrected chi connectivity index (χ0v) is 11.7. The van der Waals surface area contributed by atoms with E-state index in [-0.39, 0.29) is 17.2 Å². The summed E-state index contributed by atoms with van der Waals surface area (Å²) in [5, 5.41) is 10.8. The van der Waals surface area contributed by atoms with Gasteiger partial charge in [0.15, 0.2) is 0 Å². The van der Waals surface area contributed by atoms with Gasteiger partial charge in [-0.05, 0) is 12.1 Å². The highest BCUT2D eigenvalue weighted by Gasteiger charge is 2.20. The lowest BCUT2D eigenvalue weighted by Crippen LogP contribution is -2.30. The van der Waals surface area contributed by atoms with Gasteiger partial charge in [-0.25, -0.2) is 13.2 Å². The Morgan fingerprint density at radius 1 is 1.33 bits per heavy atom. The van der Waals surface area contributed by atoms with Gasteiger partial charge < -0.3 is 9.84 Å². The van der Waals surface area contributed by atoms with Crippen molar-refractivity contribution in [2.75, 3.05) is 18.5 Å². The summed E-state index contributed by atoms with van der Waals surface area (Å²) in [4.78, 5) is 21.6. The molecule has 0 aliphatic carbocycles. The highest BCUT2D eigenvalue weighted by Crippen LogP contribution is 2.20. The largest absolute Gasteiger partial charge is 0.480 e. The standard InChI is InChI=1S/C12H14N2O6S/c1-2-7-20-12(17)14-9-5-3-4-6-10(9)21(18,19)13-8-11(15)16/h2-6,13H,1,7-8H2,(H,14,17)(H,15,16). The number of rotatable bonds is 7. The van der Waals surface area contributed by atoms with Gasteiger partial charge in [-0.15, -0.1) is 0 Å². The number of hydrogen-bond acceptors (Lipinski definition) is 5. The number of aliphatic carboxylic acids is 1. The third kappa shape index (κ3) is 5.24. The first kappa shape index (κ1) is 16.7. The minimum absolute atomic E-state index is 0.0237. The predicted octanol–water partition coefficient (Wildman–Crippen LogP) is 0.784. The van der Waals surface area contributed by atoms with Crippen LogP contribution in [0.5, 0.6) is 0 Å². The van der Waals surface area contributed by atoms with E-state index in [9.17, 15) is 18.0 Å². The number of ether oxygens (including phenoxy) is 1. The van der Waals surface area contributed by atoms with Gasteiger partial charge in [-0.3, -0.25) is 10.1 Å². The molecule has 0 aromatic heterocycles. The number of benzene rings is 1. The van der Waals surface area contributed by atoms with Crippen LogP contribution in [0.15, 0.2) is 41.8 Å². The molecule has 114 valence electrons. The summed E-state index contributed by atoms with van der Waals surface area (Å²) in [6.45, 7) is 2.57. The van der Waals surface area contributed by atoms with Gasteiger partial charge >= 0.3 is 12.1 Å². The molecule has 21 heavy (non-hydrogen) atoms. The number of nitrogens with one attached hydrogen (secondary N) is 2. The molecule has 9 heteroatoms. The van der Waals surface area contributed by atoms with Gasteiger partial charge in [0, 0.05) is 0 Å². The molecule has 0 fully saturated rings. The van der Waals surface area contributed by atoms with Crippen molar-refractivity contribution in [1.29, 1.82) is 0 Å². The quantitative estimate of drug-likeness (QED) is 0.639. The second kappa shape index (κ2) is 7.41. The lowest BCUT2D eigenvalue weighted by molar-refractivity contribution is -0.135. The summed E-state index contributed by atoms with van der Waals surface area (Å²) in [7, 11) is -4.07. The molecule has 1 amide bonds. The SMILES string of the molecule is C=CCOC(=O)Nc1ccccc1S(=O)(=O)NCC(=O)O. The van der Waals surface area contributed by atoms with Crippen LogP contribution in [0.2, 0.25) is 0 Å². The first-order chi connectivity index (χ1) is 9.86. The Morgan fingerprint density at radius 3 is 2.62 bits per heavy atom. The molecule has 0 radical (unpaired) electrons.